The van der Waals surface area contributed by atoms with E-state index in [9.17, 15) is 9.90 Å². The van der Waals surface area contributed by atoms with Gasteiger partial charge in [-0.05, 0) is 48.9 Å². The van der Waals surface area contributed by atoms with Crippen LogP contribution in [0, 0.1) is 5.92 Å². The van der Waals surface area contributed by atoms with E-state index in [0.29, 0.717) is 50.7 Å². The van der Waals surface area contributed by atoms with Gasteiger partial charge in [-0.3, -0.25) is 4.79 Å². The highest BCUT2D eigenvalue weighted by atomic mass is 35.5. The van der Waals surface area contributed by atoms with E-state index >= 15 is 0 Å². The number of nitrogens with zero attached hydrogens (tertiary/aromatic N) is 1. The number of hydrogen-bond donors (Lipinski definition) is 1. The smallest absolute Gasteiger partial charge is 0.170 e. The topological polar surface area (TPSA) is 40.5 Å². The quantitative estimate of drug-likeness (QED) is 0.532. The second-order valence-electron chi connectivity index (χ2n) is 6.74. The summed E-state index contributed by atoms with van der Waals surface area (Å²) in [5, 5.41) is 13.0. The number of Topliss-reactive ketones (excluding diaryl/α,β-unsaturated/α-hetero) is 1. The van der Waals surface area contributed by atoms with E-state index in [1.54, 1.807) is 36.4 Å². The van der Waals surface area contributed by atoms with Crippen LogP contribution in [0.15, 0.2) is 36.4 Å². The molecular weight excluding hydrogens is 463 g/mol. The maximum atomic E-state index is 13.3. The van der Waals surface area contributed by atoms with Crippen LogP contribution in [0.2, 0.25) is 20.1 Å². The summed E-state index contributed by atoms with van der Waals surface area (Å²) < 4.78 is 0. The highest BCUT2D eigenvalue weighted by Gasteiger charge is 2.46. The summed E-state index contributed by atoms with van der Waals surface area (Å²) >= 11 is 24.2. The van der Waals surface area contributed by atoms with Crippen molar-refractivity contribution in [1.29, 1.82) is 0 Å². The fraction of sp³-hybridized carbons (Fsp3) is 0.350. The minimum Gasteiger partial charge on any atom is -0.384 e. The number of piperidine rings is 1. The Morgan fingerprint density at radius 1 is 1.07 bits per heavy atom. The molecule has 2 atom stereocenters. The van der Waals surface area contributed by atoms with Crippen LogP contribution in [0.5, 0.6) is 0 Å². The SMILES string of the molecule is CCN1CC[C@@](O)(c2ccc(Cl)c(Cl)c2)[C@H](C(=O)c2ccc(Cl)c(Cl)c2)C1.Cl. The number of aliphatic hydroxyl groups is 1. The molecule has 3 rings (SSSR count). The maximum Gasteiger partial charge on any atom is 0.170 e. The lowest BCUT2D eigenvalue weighted by Gasteiger charge is -2.44. The van der Waals surface area contributed by atoms with E-state index in [-0.39, 0.29) is 18.2 Å². The largest absolute Gasteiger partial charge is 0.384 e. The zero-order valence-corrected chi connectivity index (χ0v) is 18.9. The highest BCUT2D eigenvalue weighted by molar-refractivity contribution is 6.42. The summed E-state index contributed by atoms with van der Waals surface area (Å²) in [5.41, 5.74) is -0.333. The molecular formula is C20H20Cl5NO2. The normalized spacial score (nSPS) is 22.6. The molecule has 8 heteroatoms. The summed E-state index contributed by atoms with van der Waals surface area (Å²) in [6, 6.07) is 9.79. The Hall–Kier alpha value is -0.520. The van der Waals surface area contributed by atoms with E-state index in [2.05, 4.69) is 4.90 Å². The molecule has 0 amide bonds. The highest BCUT2D eigenvalue weighted by Crippen LogP contribution is 2.41. The predicted octanol–water partition coefficient (Wildman–Crippen LogP) is 6.13. The van der Waals surface area contributed by atoms with Crippen molar-refractivity contribution in [2.75, 3.05) is 19.6 Å². The Bertz CT molecular complexity index is 876. The first kappa shape index (κ1) is 23.8. The Kier molecular flexibility index (Phi) is 8.08. The lowest BCUT2D eigenvalue weighted by molar-refractivity contribution is -0.0631. The molecule has 2 aromatic carbocycles. The summed E-state index contributed by atoms with van der Waals surface area (Å²) in [6.45, 7) is 3.94. The molecule has 0 aromatic heterocycles. The van der Waals surface area contributed by atoms with Gasteiger partial charge in [-0.2, -0.15) is 0 Å². The number of halogens is 5. The number of likely N-dealkylation sites (tertiary alicyclic amines) is 1. The van der Waals surface area contributed by atoms with E-state index < -0.39 is 11.5 Å². The minimum atomic E-state index is -1.34. The monoisotopic (exact) mass is 481 g/mol. The fourth-order valence-corrected chi connectivity index (χ4v) is 4.15. The molecule has 0 unspecified atom stereocenters. The maximum absolute atomic E-state index is 13.3. The van der Waals surface area contributed by atoms with Crippen molar-refractivity contribution in [3.8, 4) is 0 Å². The van der Waals surface area contributed by atoms with Gasteiger partial charge in [-0.15, -0.1) is 12.4 Å². The van der Waals surface area contributed by atoms with E-state index in [1.807, 2.05) is 6.92 Å². The van der Waals surface area contributed by atoms with E-state index in [1.165, 1.54) is 0 Å². The van der Waals surface area contributed by atoms with Crippen molar-refractivity contribution >= 4 is 64.6 Å². The Morgan fingerprint density at radius 3 is 2.25 bits per heavy atom. The molecule has 3 nitrogen and oxygen atoms in total. The summed E-state index contributed by atoms with van der Waals surface area (Å²) in [6.07, 6.45) is 0.413. The molecule has 1 aliphatic rings. The first-order chi connectivity index (χ1) is 12.8. The first-order valence-corrected chi connectivity index (χ1v) is 10.2. The van der Waals surface area contributed by atoms with Crippen LogP contribution in [0.4, 0.5) is 0 Å². The zero-order chi connectivity index (χ0) is 19.8. The third kappa shape index (κ3) is 4.62. The molecule has 1 fully saturated rings. The Morgan fingerprint density at radius 2 is 1.68 bits per heavy atom. The van der Waals surface area contributed by atoms with Crippen molar-refractivity contribution in [2.24, 2.45) is 5.92 Å². The second-order valence-corrected chi connectivity index (χ2v) is 8.37. The van der Waals surface area contributed by atoms with Crippen LogP contribution in [0.1, 0.15) is 29.3 Å². The molecule has 0 bridgehead atoms. The standard InChI is InChI=1S/C20H19Cl4NO2.ClH/c1-2-25-8-7-20(27,13-4-6-16(22)18(24)10-13)14(11-25)19(26)12-3-5-15(21)17(23)9-12;/h3-6,9-10,14,27H,2,7-8,11H2,1H3;1H/t14-,20+;/m0./s1. The lowest BCUT2D eigenvalue weighted by Crippen LogP contribution is -2.53. The van der Waals surface area contributed by atoms with Crippen molar-refractivity contribution in [3.63, 3.8) is 0 Å². The van der Waals surface area contributed by atoms with Gasteiger partial charge in [0, 0.05) is 18.7 Å². The predicted molar refractivity (Wildman–Crippen MR) is 119 cm³/mol. The number of carbonyl (C=O) groups excluding carboxylic acids is 1. The number of benzene rings is 2. The molecule has 1 aliphatic heterocycles. The van der Waals surface area contributed by atoms with Crippen molar-refractivity contribution in [3.05, 3.63) is 67.6 Å². The van der Waals surface area contributed by atoms with Crippen molar-refractivity contribution in [1.82, 2.24) is 4.90 Å². The minimum absolute atomic E-state index is 0. The van der Waals surface area contributed by atoms with Gasteiger partial charge in [-0.1, -0.05) is 59.4 Å². The van der Waals surface area contributed by atoms with Gasteiger partial charge in [0.2, 0.25) is 0 Å². The van der Waals surface area contributed by atoms with Crippen LogP contribution in [-0.4, -0.2) is 35.4 Å². The number of carbonyl (C=O) groups is 1. The van der Waals surface area contributed by atoms with Crippen LogP contribution in [0.25, 0.3) is 0 Å². The van der Waals surface area contributed by atoms with Gasteiger partial charge in [0.15, 0.2) is 5.78 Å². The summed E-state index contributed by atoms with van der Waals surface area (Å²) in [7, 11) is 0. The average molecular weight is 484 g/mol. The second kappa shape index (κ2) is 9.53. The molecule has 0 spiro atoms. The number of ketones is 1. The van der Waals surface area contributed by atoms with Crippen LogP contribution in [0.3, 0.4) is 0 Å². The van der Waals surface area contributed by atoms with Gasteiger partial charge in [0.25, 0.3) is 0 Å². The number of rotatable bonds is 4. The molecule has 152 valence electrons. The molecule has 1 N–H and O–H groups in total. The molecule has 2 aromatic rings. The van der Waals surface area contributed by atoms with Crippen LogP contribution in [-0.2, 0) is 5.60 Å². The van der Waals surface area contributed by atoms with Crippen molar-refractivity contribution < 1.29 is 9.90 Å². The average Bonchev–Trinajstić information content (AvgIpc) is 2.66. The molecule has 1 saturated heterocycles. The van der Waals surface area contributed by atoms with Crippen LogP contribution < -0.4 is 0 Å². The summed E-state index contributed by atoms with van der Waals surface area (Å²) in [4.78, 5) is 15.5. The fourth-order valence-electron chi connectivity index (χ4n) is 3.55. The first-order valence-electron chi connectivity index (χ1n) is 8.65. The Labute approximate surface area is 190 Å². The molecule has 0 saturated carbocycles. The zero-order valence-electron chi connectivity index (χ0n) is 15.1. The molecule has 0 radical (unpaired) electrons. The van der Waals surface area contributed by atoms with Gasteiger partial charge in [0.05, 0.1) is 26.0 Å². The molecule has 0 aliphatic carbocycles. The van der Waals surface area contributed by atoms with Gasteiger partial charge in [-0.25, -0.2) is 0 Å². The van der Waals surface area contributed by atoms with E-state index in [4.69, 9.17) is 46.4 Å². The third-order valence-corrected chi connectivity index (χ3v) is 6.69. The van der Waals surface area contributed by atoms with Gasteiger partial charge >= 0.3 is 0 Å². The van der Waals surface area contributed by atoms with Crippen molar-refractivity contribution in [2.45, 2.75) is 18.9 Å². The van der Waals surface area contributed by atoms with Crippen LogP contribution >= 0.6 is 58.8 Å². The molecule has 28 heavy (non-hydrogen) atoms. The molecule has 1 heterocycles. The van der Waals surface area contributed by atoms with Gasteiger partial charge in [0.1, 0.15) is 5.60 Å². The summed E-state index contributed by atoms with van der Waals surface area (Å²) in [5.74, 6) is -0.846. The van der Waals surface area contributed by atoms with E-state index in [0.717, 1.165) is 6.54 Å². The number of hydrogen-bond acceptors (Lipinski definition) is 3. The van der Waals surface area contributed by atoms with Gasteiger partial charge < -0.3 is 10.0 Å². The Balaban J connectivity index is 0.00000280. The third-order valence-electron chi connectivity index (χ3n) is 5.21. The lowest BCUT2D eigenvalue weighted by atomic mass is 9.72.